The zero-order chi connectivity index (χ0) is 12.7. The van der Waals surface area contributed by atoms with Crippen molar-refractivity contribution in [2.24, 2.45) is 0 Å². The van der Waals surface area contributed by atoms with Crippen molar-refractivity contribution in [2.45, 2.75) is 13.8 Å². The van der Waals surface area contributed by atoms with E-state index in [9.17, 15) is 8.78 Å². The van der Waals surface area contributed by atoms with E-state index in [4.69, 9.17) is 5.73 Å². The Kier molecular flexibility index (Phi) is 2.91. The molecule has 90 valence electrons. The molecule has 3 nitrogen and oxygen atoms in total. The summed E-state index contributed by atoms with van der Waals surface area (Å²) in [5, 5.41) is 4.13. The Balaban J connectivity index is 2.77. The largest absolute Gasteiger partial charge is 0.397 e. The summed E-state index contributed by atoms with van der Waals surface area (Å²) in [7, 11) is 0. The van der Waals surface area contributed by atoms with Gasteiger partial charge in [0.05, 0.1) is 21.5 Å². The van der Waals surface area contributed by atoms with Gasteiger partial charge in [-0.15, -0.1) is 0 Å². The van der Waals surface area contributed by atoms with Crippen LogP contribution < -0.4 is 5.73 Å². The molecule has 0 aliphatic rings. The molecule has 0 saturated heterocycles. The summed E-state index contributed by atoms with van der Waals surface area (Å²) in [6, 6.07) is 2.31. The first kappa shape index (κ1) is 12.0. The number of anilines is 1. The summed E-state index contributed by atoms with van der Waals surface area (Å²) in [6.07, 6.45) is 0. The van der Waals surface area contributed by atoms with Crippen LogP contribution in [0, 0.1) is 25.5 Å². The molecule has 2 aromatic rings. The fourth-order valence-corrected chi connectivity index (χ4v) is 1.86. The zero-order valence-electron chi connectivity index (χ0n) is 9.26. The van der Waals surface area contributed by atoms with Crippen LogP contribution in [0.3, 0.4) is 0 Å². The third kappa shape index (κ3) is 1.82. The van der Waals surface area contributed by atoms with Crippen molar-refractivity contribution in [1.29, 1.82) is 0 Å². The van der Waals surface area contributed by atoms with E-state index in [1.807, 2.05) is 0 Å². The van der Waals surface area contributed by atoms with Gasteiger partial charge < -0.3 is 5.73 Å². The lowest BCUT2D eigenvalue weighted by Crippen LogP contribution is -2.07. The van der Waals surface area contributed by atoms with E-state index in [-0.39, 0.29) is 11.4 Å². The number of hydrogen-bond donors (Lipinski definition) is 1. The van der Waals surface area contributed by atoms with Crippen LogP contribution in [-0.2, 0) is 0 Å². The molecule has 0 unspecified atom stereocenters. The number of nitrogen functional groups attached to an aromatic ring is 1. The van der Waals surface area contributed by atoms with Gasteiger partial charge in [0.2, 0.25) is 0 Å². The van der Waals surface area contributed by atoms with Gasteiger partial charge in [0.15, 0.2) is 11.6 Å². The van der Waals surface area contributed by atoms with E-state index in [1.54, 1.807) is 13.8 Å². The first-order valence-corrected chi connectivity index (χ1v) is 5.68. The summed E-state index contributed by atoms with van der Waals surface area (Å²) in [4.78, 5) is 0. The third-order valence-corrected chi connectivity index (χ3v) is 3.66. The normalized spacial score (nSPS) is 10.9. The van der Waals surface area contributed by atoms with Crippen molar-refractivity contribution in [1.82, 2.24) is 9.78 Å². The summed E-state index contributed by atoms with van der Waals surface area (Å²) >= 11 is 3.32. The van der Waals surface area contributed by atoms with E-state index in [1.165, 1.54) is 10.7 Å². The van der Waals surface area contributed by atoms with Crippen molar-refractivity contribution in [3.8, 4) is 5.69 Å². The van der Waals surface area contributed by atoms with Crippen LogP contribution in [0.1, 0.15) is 11.4 Å². The number of rotatable bonds is 1. The topological polar surface area (TPSA) is 43.8 Å². The molecule has 6 heteroatoms. The van der Waals surface area contributed by atoms with Crippen LogP contribution in [0.4, 0.5) is 14.5 Å². The summed E-state index contributed by atoms with van der Waals surface area (Å²) in [6.45, 7) is 3.51. The number of aryl methyl sites for hydroxylation is 1. The Bertz CT molecular complexity index is 593. The summed E-state index contributed by atoms with van der Waals surface area (Å²) in [5.74, 6) is -1.94. The minimum absolute atomic E-state index is 0.0590. The maximum atomic E-state index is 13.7. The monoisotopic (exact) mass is 301 g/mol. The average Bonchev–Trinajstić information content (AvgIpc) is 2.53. The zero-order valence-corrected chi connectivity index (χ0v) is 10.8. The predicted molar refractivity (Wildman–Crippen MR) is 65.1 cm³/mol. The molecule has 1 heterocycles. The highest BCUT2D eigenvalue weighted by Gasteiger charge is 2.18. The number of hydrogen-bond acceptors (Lipinski definition) is 2. The van der Waals surface area contributed by atoms with Crippen LogP contribution >= 0.6 is 15.9 Å². The minimum atomic E-state index is -0.997. The number of halogens is 3. The Morgan fingerprint density at radius 3 is 2.47 bits per heavy atom. The number of benzene rings is 1. The molecule has 1 aromatic heterocycles. The lowest BCUT2D eigenvalue weighted by Gasteiger charge is -2.09. The molecule has 2 rings (SSSR count). The maximum absolute atomic E-state index is 13.7. The van der Waals surface area contributed by atoms with Crippen molar-refractivity contribution >= 4 is 21.6 Å². The van der Waals surface area contributed by atoms with Gasteiger partial charge in [-0.2, -0.15) is 5.10 Å². The number of nitrogens with zero attached hydrogens (tertiary/aromatic N) is 2. The van der Waals surface area contributed by atoms with Crippen LogP contribution in [-0.4, -0.2) is 9.78 Å². The lowest BCUT2D eigenvalue weighted by molar-refractivity contribution is 0.501. The molecule has 0 aliphatic heterocycles. The smallest absolute Gasteiger partial charge is 0.186 e. The van der Waals surface area contributed by atoms with Gasteiger partial charge >= 0.3 is 0 Å². The molecule has 0 saturated carbocycles. The van der Waals surface area contributed by atoms with Crippen LogP contribution in [0.25, 0.3) is 5.69 Å². The molecular formula is C11H10BrF2N3. The maximum Gasteiger partial charge on any atom is 0.186 e. The fourth-order valence-electron chi connectivity index (χ4n) is 1.61. The highest BCUT2D eigenvalue weighted by molar-refractivity contribution is 9.10. The predicted octanol–water partition coefficient (Wildman–Crippen LogP) is 3.11. The molecule has 0 radical (unpaired) electrons. The standard InChI is InChI=1S/C11H10BrF2N3/c1-5-9(12)6(2)17(16-5)11-8(15)4-3-7(13)10(11)14/h3-4H,15H2,1-2H3. The first-order valence-electron chi connectivity index (χ1n) is 4.89. The molecule has 0 atom stereocenters. The second-order valence-corrected chi connectivity index (χ2v) is 4.49. The van der Waals surface area contributed by atoms with E-state index in [0.29, 0.717) is 11.4 Å². The van der Waals surface area contributed by atoms with E-state index < -0.39 is 11.6 Å². The summed E-state index contributed by atoms with van der Waals surface area (Å²) in [5.41, 5.74) is 7.10. The molecule has 0 amide bonds. The van der Waals surface area contributed by atoms with E-state index in [0.717, 1.165) is 10.5 Å². The fraction of sp³-hybridized carbons (Fsp3) is 0.182. The van der Waals surface area contributed by atoms with E-state index >= 15 is 0 Å². The van der Waals surface area contributed by atoms with Crippen molar-refractivity contribution in [2.75, 3.05) is 5.73 Å². The summed E-state index contributed by atoms with van der Waals surface area (Å²) < 4.78 is 29.0. The second kappa shape index (κ2) is 4.10. The first-order chi connectivity index (χ1) is 7.93. The Hall–Kier alpha value is -1.43. The highest BCUT2D eigenvalue weighted by atomic mass is 79.9. The quantitative estimate of drug-likeness (QED) is 0.823. The molecule has 0 spiro atoms. The van der Waals surface area contributed by atoms with Crippen LogP contribution in [0.5, 0.6) is 0 Å². The molecule has 2 N–H and O–H groups in total. The van der Waals surface area contributed by atoms with Gasteiger partial charge in [0, 0.05) is 0 Å². The van der Waals surface area contributed by atoms with Crippen molar-refractivity contribution < 1.29 is 8.78 Å². The average molecular weight is 302 g/mol. The van der Waals surface area contributed by atoms with Gasteiger partial charge in [0.25, 0.3) is 0 Å². The Morgan fingerprint density at radius 1 is 1.29 bits per heavy atom. The molecule has 17 heavy (non-hydrogen) atoms. The molecule has 0 bridgehead atoms. The second-order valence-electron chi connectivity index (χ2n) is 3.70. The minimum Gasteiger partial charge on any atom is -0.397 e. The van der Waals surface area contributed by atoms with Gasteiger partial charge in [0.1, 0.15) is 5.69 Å². The highest BCUT2D eigenvalue weighted by Crippen LogP contribution is 2.28. The van der Waals surface area contributed by atoms with Crippen LogP contribution in [0.15, 0.2) is 16.6 Å². The van der Waals surface area contributed by atoms with Crippen molar-refractivity contribution in [3.63, 3.8) is 0 Å². The van der Waals surface area contributed by atoms with E-state index in [2.05, 4.69) is 21.0 Å². The molecule has 0 aliphatic carbocycles. The molecule has 1 aromatic carbocycles. The van der Waals surface area contributed by atoms with Gasteiger partial charge in [-0.05, 0) is 41.9 Å². The Morgan fingerprint density at radius 2 is 1.94 bits per heavy atom. The number of nitrogens with two attached hydrogens (primary N) is 1. The number of aromatic nitrogens is 2. The van der Waals surface area contributed by atoms with Crippen LogP contribution in [0.2, 0.25) is 0 Å². The third-order valence-electron chi connectivity index (χ3n) is 2.52. The van der Waals surface area contributed by atoms with Gasteiger partial charge in [-0.1, -0.05) is 0 Å². The van der Waals surface area contributed by atoms with Crippen molar-refractivity contribution in [3.05, 3.63) is 39.6 Å². The SMILES string of the molecule is Cc1nn(-c2c(N)ccc(F)c2F)c(C)c1Br. The molecular weight excluding hydrogens is 292 g/mol. The van der Waals surface area contributed by atoms with Gasteiger partial charge in [-0.25, -0.2) is 13.5 Å². The molecule has 0 fully saturated rings. The van der Waals surface area contributed by atoms with Gasteiger partial charge in [-0.3, -0.25) is 0 Å². The Labute approximate surface area is 105 Å². The lowest BCUT2D eigenvalue weighted by atomic mass is 10.2.